The lowest BCUT2D eigenvalue weighted by Crippen LogP contribution is -2.41. The highest BCUT2D eigenvalue weighted by Gasteiger charge is 2.29. The molecule has 18 heavy (non-hydrogen) atoms. The molecule has 0 spiro atoms. The van der Waals surface area contributed by atoms with E-state index < -0.39 is 12.1 Å². The Morgan fingerprint density at radius 3 is 2.83 bits per heavy atom. The summed E-state index contributed by atoms with van der Waals surface area (Å²) in [5.41, 5.74) is 1.61. The summed E-state index contributed by atoms with van der Waals surface area (Å²) in [5.74, 6) is 0. The van der Waals surface area contributed by atoms with E-state index in [1.807, 2.05) is 30.3 Å². The standard InChI is InChI=1S/C14H14N2O2/c1-10(2)18-14(17)16-12(9-15)8-7-11-5-3-4-6-13(11)16/h3-8,10,12H,1-2H3. The molecule has 1 aromatic rings. The first-order valence-electron chi connectivity index (χ1n) is 5.80. The minimum absolute atomic E-state index is 0.213. The highest BCUT2D eigenvalue weighted by atomic mass is 16.6. The van der Waals surface area contributed by atoms with Gasteiger partial charge >= 0.3 is 6.09 Å². The van der Waals surface area contributed by atoms with Crippen LogP contribution in [0.2, 0.25) is 0 Å². The van der Waals surface area contributed by atoms with Crippen LogP contribution in [0.15, 0.2) is 30.3 Å². The molecule has 92 valence electrons. The van der Waals surface area contributed by atoms with E-state index in [0.29, 0.717) is 5.69 Å². The Morgan fingerprint density at radius 2 is 2.17 bits per heavy atom. The average Bonchev–Trinajstić information content (AvgIpc) is 2.36. The largest absolute Gasteiger partial charge is 0.446 e. The van der Waals surface area contributed by atoms with Crippen molar-refractivity contribution in [2.45, 2.75) is 26.0 Å². The van der Waals surface area contributed by atoms with Crippen molar-refractivity contribution in [1.82, 2.24) is 0 Å². The van der Waals surface area contributed by atoms with Crippen LogP contribution in [0.1, 0.15) is 19.4 Å². The Morgan fingerprint density at radius 1 is 1.44 bits per heavy atom. The lowest BCUT2D eigenvalue weighted by atomic mass is 10.0. The molecule has 0 saturated carbocycles. The molecule has 1 unspecified atom stereocenters. The number of carbonyl (C=O) groups excluding carboxylic acids is 1. The summed E-state index contributed by atoms with van der Waals surface area (Å²) in [4.78, 5) is 13.4. The van der Waals surface area contributed by atoms with E-state index in [9.17, 15) is 4.79 Å². The Labute approximate surface area is 106 Å². The quantitative estimate of drug-likeness (QED) is 0.760. The van der Waals surface area contributed by atoms with E-state index in [0.717, 1.165) is 5.56 Å². The summed E-state index contributed by atoms with van der Waals surface area (Å²) < 4.78 is 5.18. The fraction of sp³-hybridized carbons (Fsp3) is 0.286. The van der Waals surface area contributed by atoms with Gasteiger partial charge in [-0.3, -0.25) is 4.90 Å². The van der Waals surface area contributed by atoms with E-state index in [1.54, 1.807) is 19.9 Å². The maximum Gasteiger partial charge on any atom is 0.415 e. The minimum atomic E-state index is -0.619. The second-order valence-electron chi connectivity index (χ2n) is 4.29. The topological polar surface area (TPSA) is 53.3 Å². The normalized spacial score (nSPS) is 17.2. The zero-order chi connectivity index (χ0) is 13.1. The van der Waals surface area contributed by atoms with Gasteiger partial charge in [-0.1, -0.05) is 24.3 Å². The van der Waals surface area contributed by atoms with Gasteiger partial charge in [-0.25, -0.2) is 4.79 Å². The van der Waals surface area contributed by atoms with Crippen molar-refractivity contribution in [2.75, 3.05) is 4.90 Å². The van der Waals surface area contributed by atoms with Crippen molar-refractivity contribution in [3.05, 3.63) is 35.9 Å². The number of carbonyl (C=O) groups is 1. The maximum atomic E-state index is 12.1. The summed E-state index contributed by atoms with van der Waals surface area (Å²) in [6.45, 7) is 3.57. The number of nitriles is 1. The number of anilines is 1. The minimum Gasteiger partial charge on any atom is -0.446 e. The summed E-state index contributed by atoms with van der Waals surface area (Å²) in [6, 6.07) is 8.90. The van der Waals surface area contributed by atoms with Crippen molar-refractivity contribution >= 4 is 17.9 Å². The van der Waals surface area contributed by atoms with Crippen LogP contribution in [0.3, 0.4) is 0 Å². The van der Waals surface area contributed by atoms with Crippen LogP contribution in [0.5, 0.6) is 0 Å². The molecule has 0 N–H and O–H groups in total. The van der Waals surface area contributed by atoms with Crippen molar-refractivity contribution in [1.29, 1.82) is 5.26 Å². The SMILES string of the molecule is CC(C)OC(=O)N1c2ccccc2C=CC1C#N. The molecule has 1 heterocycles. The maximum absolute atomic E-state index is 12.1. The number of hydrogen-bond acceptors (Lipinski definition) is 3. The zero-order valence-corrected chi connectivity index (χ0v) is 10.3. The summed E-state index contributed by atoms with van der Waals surface area (Å²) >= 11 is 0. The highest BCUT2D eigenvalue weighted by molar-refractivity contribution is 5.94. The molecule has 0 radical (unpaired) electrons. The number of para-hydroxylation sites is 1. The third-order valence-corrected chi connectivity index (χ3v) is 2.60. The molecule has 2 rings (SSSR count). The van der Waals surface area contributed by atoms with Gasteiger partial charge in [0.15, 0.2) is 0 Å². The fourth-order valence-corrected chi connectivity index (χ4v) is 1.85. The van der Waals surface area contributed by atoms with E-state index >= 15 is 0 Å². The second kappa shape index (κ2) is 4.92. The second-order valence-corrected chi connectivity index (χ2v) is 4.29. The van der Waals surface area contributed by atoms with Crippen molar-refractivity contribution in [3.63, 3.8) is 0 Å². The Bertz CT molecular complexity index is 529. The van der Waals surface area contributed by atoms with Gasteiger partial charge in [0, 0.05) is 0 Å². The molecule has 1 aromatic carbocycles. The Hall–Kier alpha value is -2.28. The molecule has 1 atom stereocenters. The first-order valence-corrected chi connectivity index (χ1v) is 5.80. The summed E-state index contributed by atoms with van der Waals surface area (Å²) in [5, 5.41) is 9.12. The Balaban J connectivity index is 2.39. The summed E-state index contributed by atoms with van der Waals surface area (Å²) in [6.07, 6.45) is 2.84. The van der Waals surface area contributed by atoms with E-state index in [1.165, 1.54) is 4.90 Å². The van der Waals surface area contributed by atoms with E-state index in [-0.39, 0.29) is 6.10 Å². The summed E-state index contributed by atoms with van der Waals surface area (Å²) in [7, 11) is 0. The van der Waals surface area contributed by atoms with E-state index in [2.05, 4.69) is 6.07 Å². The van der Waals surface area contributed by atoms with Crippen LogP contribution in [-0.2, 0) is 4.74 Å². The predicted molar refractivity (Wildman–Crippen MR) is 69.0 cm³/mol. The number of fused-ring (bicyclic) bond motifs is 1. The predicted octanol–water partition coefficient (Wildman–Crippen LogP) is 2.96. The van der Waals surface area contributed by atoms with Crippen LogP contribution in [0.4, 0.5) is 10.5 Å². The smallest absolute Gasteiger partial charge is 0.415 e. The number of rotatable bonds is 1. The van der Waals surface area contributed by atoms with Crippen LogP contribution in [0.25, 0.3) is 6.08 Å². The number of benzene rings is 1. The third kappa shape index (κ3) is 2.21. The molecule has 0 bridgehead atoms. The van der Waals surface area contributed by atoms with Crippen molar-refractivity contribution < 1.29 is 9.53 Å². The first-order chi connectivity index (χ1) is 8.63. The number of amides is 1. The van der Waals surface area contributed by atoms with Crippen LogP contribution in [0, 0.1) is 11.3 Å². The monoisotopic (exact) mass is 242 g/mol. The lowest BCUT2D eigenvalue weighted by Gasteiger charge is -2.29. The molecule has 0 fully saturated rings. The number of ether oxygens (including phenoxy) is 1. The zero-order valence-electron chi connectivity index (χ0n) is 10.3. The molecule has 0 saturated heterocycles. The van der Waals surface area contributed by atoms with Gasteiger partial charge in [-0.2, -0.15) is 5.26 Å². The van der Waals surface area contributed by atoms with Gasteiger partial charge in [0.25, 0.3) is 0 Å². The first kappa shape index (κ1) is 12.2. The number of hydrogen-bond donors (Lipinski definition) is 0. The number of nitrogens with zero attached hydrogens (tertiary/aromatic N) is 2. The molecule has 4 heteroatoms. The van der Waals surface area contributed by atoms with Gasteiger partial charge in [0.1, 0.15) is 6.04 Å². The molecule has 1 aliphatic heterocycles. The molecule has 1 aliphatic rings. The van der Waals surface area contributed by atoms with Gasteiger partial charge in [0.2, 0.25) is 0 Å². The van der Waals surface area contributed by atoms with Gasteiger partial charge < -0.3 is 4.74 Å². The van der Waals surface area contributed by atoms with Gasteiger partial charge in [0.05, 0.1) is 17.9 Å². The molecular formula is C14H14N2O2. The molecule has 1 amide bonds. The molecule has 0 aromatic heterocycles. The van der Waals surface area contributed by atoms with Crippen LogP contribution >= 0.6 is 0 Å². The molecular weight excluding hydrogens is 228 g/mol. The van der Waals surface area contributed by atoms with Crippen LogP contribution < -0.4 is 4.90 Å². The van der Waals surface area contributed by atoms with E-state index in [4.69, 9.17) is 10.00 Å². The van der Waals surface area contributed by atoms with Crippen LogP contribution in [-0.4, -0.2) is 18.2 Å². The fourth-order valence-electron chi connectivity index (χ4n) is 1.85. The van der Waals surface area contributed by atoms with Crippen molar-refractivity contribution in [2.24, 2.45) is 0 Å². The third-order valence-electron chi connectivity index (χ3n) is 2.60. The molecule has 0 aliphatic carbocycles. The van der Waals surface area contributed by atoms with Gasteiger partial charge in [-0.05, 0) is 31.6 Å². The Kier molecular flexibility index (Phi) is 3.33. The lowest BCUT2D eigenvalue weighted by molar-refractivity contribution is 0.122. The molecule has 4 nitrogen and oxygen atoms in total. The van der Waals surface area contributed by atoms with Crippen molar-refractivity contribution in [3.8, 4) is 6.07 Å². The van der Waals surface area contributed by atoms with Gasteiger partial charge in [-0.15, -0.1) is 0 Å². The average molecular weight is 242 g/mol. The highest BCUT2D eigenvalue weighted by Crippen LogP contribution is 2.29.